The molecule has 0 heterocycles. The second kappa shape index (κ2) is 5.13. The Hall–Kier alpha value is -1.58. The number of anilines is 1. The van der Waals surface area contributed by atoms with Crippen LogP contribution in [0.2, 0.25) is 0 Å². The molecule has 0 radical (unpaired) electrons. The van der Waals surface area contributed by atoms with Crippen LogP contribution < -0.4 is 10.1 Å². The van der Waals surface area contributed by atoms with Crippen LogP contribution in [0.1, 0.15) is 6.92 Å². The molecule has 0 spiro atoms. The molecule has 1 aromatic carbocycles. The molecule has 0 saturated carbocycles. The lowest BCUT2D eigenvalue weighted by atomic mass is 10.3. The van der Waals surface area contributed by atoms with Crippen LogP contribution in [-0.4, -0.2) is 13.0 Å². The van der Waals surface area contributed by atoms with Gasteiger partial charge in [0.1, 0.15) is 5.75 Å². The van der Waals surface area contributed by atoms with Gasteiger partial charge in [0, 0.05) is 12.6 Å². The van der Waals surface area contributed by atoms with Gasteiger partial charge in [0.2, 0.25) is 5.91 Å². The maximum absolute atomic E-state index is 10.6. The molecule has 13 heavy (non-hydrogen) atoms. The molecule has 1 amide bonds. The molecule has 0 aliphatic carbocycles. The highest BCUT2D eigenvalue weighted by Gasteiger charge is 1.94. The van der Waals surface area contributed by atoms with Crippen molar-refractivity contribution in [3.05, 3.63) is 24.3 Å². The summed E-state index contributed by atoms with van der Waals surface area (Å²) in [6.07, 6.45) is 0. The van der Waals surface area contributed by atoms with E-state index < -0.39 is 0 Å². The van der Waals surface area contributed by atoms with Crippen molar-refractivity contribution in [2.24, 2.45) is 0 Å². The summed E-state index contributed by atoms with van der Waals surface area (Å²) in [6, 6.07) is 7.18. The topological polar surface area (TPSA) is 38.3 Å². The quantitative estimate of drug-likeness (QED) is 0.763. The number of hydrogen-bond acceptors (Lipinski definition) is 2. The van der Waals surface area contributed by atoms with Gasteiger partial charge >= 0.3 is 0 Å². The van der Waals surface area contributed by atoms with Crippen LogP contribution in [0.25, 0.3) is 0 Å². The zero-order chi connectivity index (χ0) is 8.97. The van der Waals surface area contributed by atoms with Crippen LogP contribution in [0.15, 0.2) is 24.3 Å². The first-order valence-electron chi connectivity index (χ1n) is 3.64. The average Bonchev–Trinajstić information content (AvgIpc) is 2.05. The Morgan fingerprint density at radius 3 is 2.23 bits per heavy atom. The molecule has 0 fully saturated rings. The van der Waals surface area contributed by atoms with E-state index in [0.717, 1.165) is 11.4 Å². The van der Waals surface area contributed by atoms with Crippen molar-refractivity contribution in [1.82, 2.24) is 0 Å². The van der Waals surface area contributed by atoms with Crippen LogP contribution in [0.5, 0.6) is 5.75 Å². The molecule has 1 N–H and O–H groups in total. The first-order chi connectivity index (χ1) is 5.72. The lowest BCUT2D eigenvalue weighted by Gasteiger charge is -2.02. The van der Waals surface area contributed by atoms with Crippen LogP contribution in [0, 0.1) is 0 Å². The minimum Gasteiger partial charge on any atom is -0.497 e. The maximum atomic E-state index is 10.6. The monoisotopic (exact) mass is 185 g/mol. The number of benzene rings is 1. The minimum atomic E-state index is -0.0693. The van der Waals surface area contributed by atoms with Gasteiger partial charge in [-0.15, -0.1) is 0 Å². The van der Waals surface area contributed by atoms with Crippen LogP contribution in [-0.2, 0) is 4.79 Å². The SMILES string of the molecule is COc1ccc(NC(C)=O)cc1.F. The van der Waals surface area contributed by atoms with E-state index in [1.165, 1.54) is 6.92 Å². The molecule has 0 bridgehead atoms. The number of ether oxygens (including phenoxy) is 1. The molecule has 3 nitrogen and oxygen atoms in total. The Morgan fingerprint density at radius 1 is 1.31 bits per heavy atom. The lowest BCUT2D eigenvalue weighted by molar-refractivity contribution is -0.114. The number of halogens is 1. The third-order valence-electron chi connectivity index (χ3n) is 1.41. The summed E-state index contributed by atoms with van der Waals surface area (Å²) in [7, 11) is 1.60. The molecule has 72 valence electrons. The summed E-state index contributed by atoms with van der Waals surface area (Å²) in [6.45, 7) is 1.48. The van der Waals surface area contributed by atoms with Gasteiger partial charge in [0.05, 0.1) is 7.11 Å². The smallest absolute Gasteiger partial charge is 0.221 e. The maximum Gasteiger partial charge on any atom is 0.221 e. The highest BCUT2D eigenvalue weighted by Crippen LogP contribution is 2.14. The molecule has 0 saturated heterocycles. The molecule has 0 aliphatic heterocycles. The third-order valence-corrected chi connectivity index (χ3v) is 1.41. The van der Waals surface area contributed by atoms with Crippen molar-refractivity contribution in [3.8, 4) is 5.75 Å². The predicted octanol–water partition coefficient (Wildman–Crippen LogP) is 1.81. The Labute approximate surface area is 76.1 Å². The minimum absolute atomic E-state index is 0. The number of carbonyl (C=O) groups is 1. The molecular formula is C9H12FNO2. The van der Waals surface area contributed by atoms with Gasteiger partial charge < -0.3 is 10.1 Å². The number of carbonyl (C=O) groups excluding carboxylic acids is 1. The van der Waals surface area contributed by atoms with Gasteiger partial charge in [0.25, 0.3) is 0 Å². The van der Waals surface area contributed by atoms with Crippen LogP contribution in [0.3, 0.4) is 0 Å². The number of rotatable bonds is 2. The Balaban J connectivity index is 0.00000144. The third kappa shape index (κ3) is 3.55. The highest BCUT2D eigenvalue weighted by molar-refractivity contribution is 5.88. The van der Waals surface area contributed by atoms with Crippen molar-refractivity contribution in [2.45, 2.75) is 6.92 Å². The van der Waals surface area contributed by atoms with Crippen molar-refractivity contribution in [1.29, 1.82) is 0 Å². The summed E-state index contributed by atoms with van der Waals surface area (Å²) in [4.78, 5) is 10.6. The van der Waals surface area contributed by atoms with Gasteiger partial charge in [0.15, 0.2) is 0 Å². The fourth-order valence-electron chi connectivity index (χ4n) is 0.878. The second-order valence-electron chi connectivity index (χ2n) is 2.41. The van der Waals surface area contributed by atoms with Crippen molar-refractivity contribution < 1.29 is 14.2 Å². The van der Waals surface area contributed by atoms with Gasteiger partial charge in [-0.2, -0.15) is 0 Å². The molecule has 1 rings (SSSR count). The normalized spacial score (nSPS) is 8.46. The van der Waals surface area contributed by atoms with Gasteiger partial charge in [-0.1, -0.05) is 0 Å². The Bertz CT molecular complexity index is 271. The number of methoxy groups -OCH3 is 1. The molecule has 0 atom stereocenters. The molecule has 4 heteroatoms. The summed E-state index contributed by atoms with van der Waals surface area (Å²) >= 11 is 0. The number of nitrogens with one attached hydrogen (secondary N) is 1. The summed E-state index contributed by atoms with van der Waals surface area (Å²) in [5.74, 6) is 0.712. The van der Waals surface area contributed by atoms with Crippen molar-refractivity contribution in [3.63, 3.8) is 0 Å². The number of amides is 1. The van der Waals surface area contributed by atoms with Crippen molar-refractivity contribution >= 4 is 11.6 Å². The van der Waals surface area contributed by atoms with E-state index in [1.807, 2.05) is 0 Å². The zero-order valence-electron chi connectivity index (χ0n) is 7.53. The predicted molar refractivity (Wildman–Crippen MR) is 49.8 cm³/mol. The molecule has 0 aromatic heterocycles. The zero-order valence-corrected chi connectivity index (χ0v) is 7.53. The van der Waals surface area contributed by atoms with Crippen LogP contribution in [0.4, 0.5) is 10.4 Å². The Morgan fingerprint density at radius 2 is 1.85 bits per heavy atom. The lowest BCUT2D eigenvalue weighted by Crippen LogP contribution is -2.05. The van der Waals surface area contributed by atoms with Gasteiger partial charge in [-0.05, 0) is 24.3 Å². The number of hydrogen-bond donors (Lipinski definition) is 1. The fourth-order valence-corrected chi connectivity index (χ4v) is 0.878. The molecular weight excluding hydrogens is 173 g/mol. The van der Waals surface area contributed by atoms with E-state index in [9.17, 15) is 4.79 Å². The van der Waals surface area contributed by atoms with E-state index in [4.69, 9.17) is 4.74 Å². The molecule has 1 aromatic rings. The summed E-state index contributed by atoms with van der Waals surface area (Å²) in [5, 5.41) is 2.66. The van der Waals surface area contributed by atoms with Crippen LogP contribution >= 0.6 is 0 Å². The van der Waals surface area contributed by atoms with E-state index in [2.05, 4.69) is 5.32 Å². The van der Waals surface area contributed by atoms with E-state index in [-0.39, 0.29) is 10.6 Å². The fraction of sp³-hybridized carbons (Fsp3) is 0.222. The molecule has 0 unspecified atom stereocenters. The first kappa shape index (κ1) is 11.4. The average molecular weight is 185 g/mol. The second-order valence-corrected chi connectivity index (χ2v) is 2.41. The van der Waals surface area contributed by atoms with E-state index in [0.29, 0.717) is 0 Å². The van der Waals surface area contributed by atoms with E-state index in [1.54, 1.807) is 31.4 Å². The van der Waals surface area contributed by atoms with Gasteiger partial charge in [-0.25, -0.2) is 0 Å². The highest BCUT2D eigenvalue weighted by atomic mass is 19.0. The Kier molecular flexibility index (Phi) is 4.51. The largest absolute Gasteiger partial charge is 0.497 e. The summed E-state index contributed by atoms with van der Waals surface area (Å²) in [5.41, 5.74) is 0.781. The van der Waals surface area contributed by atoms with Crippen molar-refractivity contribution in [2.75, 3.05) is 12.4 Å². The summed E-state index contributed by atoms with van der Waals surface area (Å²) < 4.78 is 4.96. The first-order valence-corrected chi connectivity index (χ1v) is 3.64. The van der Waals surface area contributed by atoms with Gasteiger partial charge in [-0.3, -0.25) is 9.50 Å². The van der Waals surface area contributed by atoms with E-state index >= 15 is 0 Å². The standard InChI is InChI=1S/C9H11NO2.FH/c1-7(11)10-8-3-5-9(12-2)6-4-8;/h3-6H,1-2H3,(H,10,11);1H. The molecule has 0 aliphatic rings.